The zero-order valence-corrected chi connectivity index (χ0v) is 15.4. The minimum Gasteiger partial charge on any atom is -0.350 e. The summed E-state index contributed by atoms with van der Waals surface area (Å²) >= 11 is 6.18. The predicted molar refractivity (Wildman–Crippen MR) is 101 cm³/mol. The van der Waals surface area contributed by atoms with Gasteiger partial charge in [-0.05, 0) is 66.9 Å². The summed E-state index contributed by atoms with van der Waals surface area (Å²) in [7, 11) is 0. The van der Waals surface area contributed by atoms with E-state index in [1.807, 2.05) is 50.2 Å². The number of hydrogen-bond donors (Lipinski definition) is 1. The number of carbonyl (C=O) groups excluding carboxylic acids is 1. The number of nitrogens with one attached hydrogen (secondary N) is 1. The number of aryl methyl sites for hydroxylation is 2. The van der Waals surface area contributed by atoms with E-state index in [-0.39, 0.29) is 11.9 Å². The second kappa shape index (κ2) is 8.10. The van der Waals surface area contributed by atoms with Crippen LogP contribution in [-0.2, 0) is 6.42 Å². The summed E-state index contributed by atoms with van der Waals surface area (Å²) in [6.45, 7) is 3.80. The van der Waals surface area contributed by atoms with Crippen LogP contribution < -0.4 is 5.32 Å². The number of hydrogen-bond acceptors (Lipinski definition) is 4. The average molecular weight is 370 g/mol. The summed E-state index contributed by atoms with van der Waals surface area (Å²) in [6, 6.07) is 15.0. The Balaban J connectivity index is 1.63. The molecule has 7 heteroatoms. The van der Waals surface area contributed by atoms with Gasteiger partial charge in [0.2, 0.25) is 0 Å². The van der Waals surface area contributed by atoms with Crippen LogP contribution in [0.3, 0.4) is 0 Å². The number of rotatable bonds is 6. The molecule has 0 saturated carbocycles. The summed E-state index contributed by atoms with van der Waals surface area (Å²) in [5.74, 6) is 0.542. The average Bonchev–Trinajstić information content (AvgIpc) is 3.07. The highest BCUT2D eigenvalue weighted by molar-refractivity contribution is 6.31. The summed E-state index contributed by atoms with van der Waals surface area (Å²) in [5.41, 5.74) is 2.41. The Kier molecular flexibility index (Phi) is 5.63. The van der Waals surface area contributed by atoms with E-state index in [9.17, 15) is 4.79 Å². The van der Waals surface area contributed by atoms with Gasteiger partial charge in [-0.1, -0.05) is 35.9 Å². The van der Waals surface area contributed by atoms with Crippen molar-refractivity contribution in [2.45, 2.75) is 32.7 Å². The molecule has 3 rings (SSSR count). The molecule has 1 aromatic heterocycles. The maximum absolute atomic E-state index is 12.5. The van der Waals surface area contributed by atoms with Crippen LogP contribution in [0.4, 0.5) is 0 Å². The molecule has 0 fully saturated rings. The molecule has 2 aromatic carbocycles. The van der Waals surface area contributed by atoms with Gasteiger partial charge in [-0.15, -0.1) is 5.10 Å². The van der Waals surface area contributed by atoms with Crippen LogP contribution in [0.5, 0.6) is 0 Å². The number of benzene rings is 2. The highest BCUT2D eigenvalue weighted by Gasteiger charge is 2.12. The van der Waals surface area contributed by atoms with Crippen molar-refractivity contribution in [3.63, 3.8) is 0 Å². The van der Waals surface area contributed by atoms with Crippen molar-refractivity contribution in [2.75, 3.05) is 0 Å². The lowest BCUT2D eigenvalue weighted by atomic mass is 10.1. The monoisotopic (exact) mass is 369 g/mol. The van der Waals surface area contributed by atoms with E-state index >= 15 is 0 Å². The third-order valence-electron chi connectivity index (χ3n) is 4.16. The molecule has 6 nitrogen and oxygen atoms in total. The van der Waals surface area contributed by atoms with Gasteiger partial charge in [-0.25, -0.2) is 0 Å². The first kappa shape index (κ1) is 18.1. The minimum absolute atomic E-state index is 0.0252. The van der Waals surface area contributed by atoms with Crippen molar-refractivity contribution in [2.24, 2.45) is 0 Å². The molecule has 0 aliphatic carbocycles. The first-order chi connectivity index (χ1) is 12.5. The smallest absolute Gasteiger partial charge is 0.251 e. The van der Waals surface area contributed by atoms with Gasteiger partial charge in [0.1, 0.15) is 0 Å². The lowest BCUT2D eigenvalue weighted by Gasteiger charge is -2.15. The van der Waals surface area contributed by atoms with Crippen LogP contribution in [0.1, 0.15) is 35.1 Å². The first-order valence-electron chi connectivity index (χ1n) is 8.44. The van der Waals surface area contributed by atoms with E-state index in [0.29, 0.717) is 11.4 Å². The second-order valence-electron chi connectivity index (χ2n) is 6.19. The maximum atomic E-state index is 12.5. The van der Waals surface area contributed by atoms with Crippen molar-refractivity contribution in [3.8, 4) is 5.69 Å². The van der Waals surface area contributed by atoms with Crippen LogP contribution >= 0.6 is 11.6 Å². The van der Waals surface area contributed by atoms with Gasteiger partial charge in [0.05, 0.1) is 5.69 Å². The predicted octanol–water partition coefficient (Wildman–Crippen LogP) is 3.38. The first-order valence-corrected chi connectivity index (χ1v) is 8.82. The van der Waals surface area contributed by atoms with Crippen molar-refractivity contribution in [1.82, 2.24) is 25.5 Å². The Morgan fingerprint density at radius 1 is 1.23 bits per heavy atom. The summed E-state index contributed by atoms with van der Waals surface area (Å²) in [6.07, 6.45) is 1.62. The van der Waals surface area contributed by atoms with Crippen LogP contribution in [0.15, 0.2) is 48.5 Å². The Labute approximate surface area is 157 Å². The van der Waals surface area contributed by atoms with E-state index in [4.69, 9.17) is 11.6 Å². The fraction of sp³-hybridized carbons (Fsp3) is 0.263. The van der Waals surface area contributed by atoms with Crippen molar-refractivity contribution in [1.29, 1.82) is 0 Å². The molecule has 0 saturated heterocycles. The molecule has 26 heavy (non-hydrogen) atoms. The Morgan fingerprint density at radius 2 is 2.04 bits per heavy atom. The fourth-order valence-electron chi connectivity index (χ4n) is 2.70. The number of tetrazole rings is 1. The lowest BCUT2D eigenvalue weighted by Crippen LogP contribution is -2.33. The molecular weight excluding hydrogens is 350 g/mol. The normalized spacial score (nSPS) is 12.0. The van der Waals surface area contributed by atoms with Gasteiger partial charge in [-0.2, -0.15) is 4.68 Å². The molecule has 1 atom stereocenters. The number of amides is 1. The van der Waals surface area contributed by atoms with Gasteiger partial charge in [0.15, 0.2) is 5.82 Å². The quantitative estimate of drug-likeness (QED) is 0.723. The lowest BCUT2D eigenvalue weighted by molar-refractivity contribution is 0.0938. The standard InChI is InChI=1S/C19H20ClN5O/c1-13(10-11-15-6-3-4-9-18(15)20)21-19(26)16-7-5-8-17(12-16)25-14(2)22-23-24-25/h3-9,12-13H,10-11H2,1-2H3,(H,21,26)/t13-/m0/s1. The van der Waals surface area contributed by atoms with Gasteiger partial charge >= 0.3 is 0 Å². The highest BCUT2D eigenvalue weighted by atomic mass is 35.5. The summed E-state index contributed by atoms with van der Waals surface area (Å²) in [4.78, 5) is 12.5. The molecule has 0 spiro atoms. The Hall–Kier alpha value is -2.73. The molecular formula is C19H20ClN5O. The van der Waals surface area contributed by atoms with Gasteiger partial charge in [0, 0.05) is 16.6 Å². The topological polar surface area (TPSA) is 72.7 Å². The minimum atomic E-state index is -0.121. The number of halogens is 1. The van der Waals surface area contributed by atoms with Gasteiger partial charge < -0.3 is 5.32 Å². The fourth-order valence-corrected chi connectivity index (χ4v) is 2.93. The molecule has 1 N–H and O–H groups in total. The third kappa shape index (κ3) is 4.26. The molecule has 0 radical (unpaired) electrons. The number of aromatic nitrogens is 4. The van der Waals surface area contributed by atoms with Crippen LogP contribution in [0, 0.1) is 6.92 Å². The summed E-state index contributed by atoms with van der Waals surface area (Å²) in [5, 5.41) is 15.2. The molecule has 1 heterocycles. The van der Waals surface area contributed by atoms with E-state index in [1.54, 1.807) is 16.8 Å². The van der Waals surface area contributed by atoms with Crippen LogP contribution in [0.25, 0.3) is 5.69 Å². The number of nitrogens with zero attached hydrogens (tertiary/aromatic N) is 4. The zero-order chi connectivity index (χ0) is 18.5. The second-order valence-corrected chi connectivity index (χ2v) is 6.60. The third-order valence-corrected chi connectivity index (χ3v) is 4.53. The maximum Gasteiger partial charge on any atom is 0.251 e. The zero-order valence-electron chi connectivity index (χ0n) is 14.7. The SMILES string of the molecule is Cc1nnnn1-c1cccc(C(=O)N[C@@H](C)CCc2ccccc2Cl)c1. The van der Waals surface area contributed by atoms with Crippen LogP contribution in [0.2, 0.25) is 5.02 Å². The van der Waals surface area contributed by atoms with E-state index in [2.05, 4.69) is 20.8 Å². The van der Waals surface area contributed by atoms with Crippen LogP contribution in [-0.4, -0.2) is 32.2 Å². The van der Waals surface area contributed by atoms with E-state index in [0.717, 1.165) is 29.1 Å². The van der Waals surface area contributed by atoms with Crippen molar-refractivity contribution in [3.05, 3.63) is 70.5 Å². The summed E-state index contributed by atoms with van der Waals surface area (Å²) < 4.78 is 1.59. The van der Waals surface area contributed by atoms with Gasteiger partial charge in [0.25, 0.3) is 5.91 Å². The largest absolute Gasteiger partial charge is 0.350 e. The van der Waals surface area contributed by atoms with Crippen molar-refractivity contribution >= 4 is 17.5 Å². The number of carbonyl (C=O) groups is 1. The molecule has 0 unspecified atom stereocenters. The molecule has 3 aromatic rings. The highest BCUT2D eigenvalue weighted by Crippen LogP contribution is 2.17. The molecule has 0 aliphatic heterocycles. The van der Waals surface area contributed by atoms with Crippen molar-refractivity contribution < 1.29 is 4.79 Å². The molecule has 134 valence electrons. The Bertz CT molecular complexity index is 908. The van der Waals surface area contributed by atoms with Gasteiger partial charge in [-0.3, -0.25) is 4.79 Å². The molecule has 0 bridgehead atoms. The molecule has 1 amide bonds. The Morgan fingerprint density at radius 3 is 2.77 bits per heavy atom. The van der Waals surface area contributed by atoms with E-state index < -0.39 is 0 Å². The molecule has 0 aliphatic rings. The van der Waals surface area contributed by atoms with E-state index in [1.165, 1.54) is 0 Å².